The summed E-state index contributed by atoms with van der Waals surface area (Å²) in [6.07, 6.45) is 0. The van der Waals surface area contributed by atoms with Gasteiger partial charge in [-0.3, -0.25) is 9.59 Å². The Morgan fingerprint density at radius 2 is 2.20 bits per heavy atom. The van der Waals surface area contributed by atoms with Crippen molar-refractivity contribution in [2.24, 2.45) is 0 Å². The number of carbonyl (C=O) groups is 2. The molecule has 1 N–H and O–H groups in total. The van der Waals surface area contributed by atoms with Crippen LogP contribution in [0.3, 0.4) is 0 Å². The number of piperazine rings is 1. The minimum absolute atomic E-state index is 0.0288. The third-order valence-electron chi connectivity index (χ3n) is 2.63. The summed E-state index contributed by atoms with van der Waals surface area (Å²) in [5, 5.41) is 3.27. The number of amides is 2. The zero-order valence-corrected chi connectivity index (χ0v) is 9.62. The average molecular weight is 213 g/mol. The summed E-state index contributed by atoms with van der Waals surface area (Å²) in [6.45, 7) is 5.99. The molecule has 0 bridgehead atoms. The zero-order chi connectivity index (χ0) is 11.4. The van der Waals surface area contributed by atoms with Crippen LogP contribution in [0.4, 0.5) is 0 Å². The molecule has 0 aliphatic carbocycles. The fraction of sp³-hybridized carbons (Fsp3) is 0.800. The van der Waals surface area contributed by atoms with Crippen LogP contribution in [0.1, 0.15) is 13.8 Å². The molecule has 15 heavy (non-hydrogen) atoms. The topological polar surface area (TPSA) is 52.7 Å². The second-order valence-electron chi connectivity index (χ2n) is 4.07. The largest absolute Gasteiger partial charge is 0.338 e. The van der Waals surface area contributed by atoms with E-state index in [-0.39, 0.29) is 18.4 Å². The van der Waals surface area contributed by atoms with Crippen LogP contribution >= 0.6 is 0 Å². The van der Waals surface area contributed by atoms with E-state index < -0.39 is 0 Å². The Morgan fingerprint density at radius 1 is 1.53 bits per heavy atom. The maximum atomic E-state index is 11.8. The summed E-state index contributed by atoms with van der Waals surface area (Å²) >= 11 is 0. The van der Waals surface area contributed by atoms with E-state index in [0.717, 1.165) is 19.6 Å². The van der Waals surface area contributed by atoms with Gasteiger partial charge in [-0.15, -0.1) is 0 Å². The molecule has 0 aromatic heterocycles. The highest BCUT2D eigenvalue weighted by Crippen LogP contribution is 2.00. The third kappa shape index (κ3) is 3.51. The van der Waals surface area contributed by atoms with Crippen molar-refractivity contribution in [2.75, 3.05) is 33.2 Å². The Balaban J connectivity index is 2.42. The first-order valence-corrected chi connectivity index (χ1v) is 5.23. The highest BCUT2D eigenvalue weighted by Gasteiger charge is 2.21. The molecule has 1 fully saturated rings. The van der Waals surface area contributed by atoms with Crippen LogP contribution in [0.15, 0.2) is 0 Å². The van der Waals surface area contributed by atoms with Crippen LogP contribution in [-0.4, -0.2) is 60.9 Å². The summed E-state index contributed by atoms with van der Waals surface area (Å²) in [7, 11) is 1.64. The molecule has 0 aromatic rings. The van der Waals surface area contributed by atoms with E-state index in [1.807, 2.05) is 6.92 Å². The molecular formula is C10H19N3O2. The summed E-state index contributed by atoms with van der Waals surface area (Å²) in [5.74, 6) is -0.0485. The average Bonchev–Trinajstić information content (AvgIpc) is 2.17. The maximum Gasteiger partial charge on any atom is 0.242 e. The lowest BCUT2D eigenvalue weighted by molar-refractivity contribution is -0.139. The first-order chi connectivity index (χ1) is 7.00. The molecule has 1 heterocycles. The minimum atomic E-state index is -0.0773. The van der Waals surface area contributed by atoms with Gasteiger partial charge in [0.25, 0.3) is 0 Å². The summed E-state index contributed by atoms with van der Waals surface area (Å²) < 4.78 is 0. The summed E-state index contributed by atoms with van der Waals surface area (Å²) in [6, 6.07) is 0.338. The standard InChI is InChI=1S/C10H19N3O2/c1-8-6-13(5-4-11-8)10(15)7-12(3)9(2)14/h8,11H,4-7H2,1-3H3. The number of nitrogens with zero attached hydrogens (tertiary/aromatic N) is 2. The van der Waals surface area contributed by atoms with Crippen LogP contribution in [0.2, 0.25) is 0 Å². The van der Waals surface area contributed by atoms with E-state index >= 15 is 0 Å². The first kappa shape index (κ1) is 12.0. The lowest BCUT2D eigenvalue weighted by Gasteiger charge is -2.32. The fourth-order valence-corrected chi connectivity index (χ4v) is 1.57. The van der Waals surface area contributed by atoms with E-state index in [4.69, 9.17) is 0 Å². The molecule has 86 valence electrons. The van der Waals surface area contributed by atoms with E-state index in [0.29, 0.717) is 6.04 Å². The molecule has 1 aliphatic rings. The van der Waals surface area contributed by atoms with Crippen molar-refractivity contribution in [1.82, 2.24) is 15.1 Å². The summed E-state index contributed by atoms with van der Waals surface area (Å²) in [5.41, 5.74) is 0. The first-order valence-electron chi connectivity index (χ1n) is 5.23. The lowest BCUT2D eigenvalue weighted by atomic mass is 10.2. The van der Waals surface area contributed by atoms with Gasteiger partial charge in [0.05, 0.1) is 6.54 Å². The highest BCUT2D eigenvalue weighted by molar-refractivity contribution is 5.83. The maximum absolute atomic E-state index is 11.8. The normalized spacial score (nSPS) is 21.3. The number of hydrogen-bond donors (Lipinski definition) is 1. The third-order valence-corrected chi connectivity index (χ3v) is 2.63. The molecule has 1 saturated heterocycles. The van der Waals surface area contributed by atoms with Gasteiger partial charge in [0.15, 0.2) is 0 Å². The Morgan fingerprint density at radius 3 is 2.73 bits per heavy atom. The Kier molecular flexibility index (Phi) is 4.08. The van der Waals surface area contributed by atoms with Crippen molar-refractivity contribution >= 4 is 11.8 Å². The zero-order valence-electron chi connectivity index (χ0n) is 9.62. The Labute approximate surface area is 90.4 Å². The van der Waals surface area contributed by atoms with E-state index in [9.17, 15) is 9.59 Å². The van der Waals surface area contributed by atoms with E-state index in [2.05, 4.69) is 5.32 Å². The number of likely N-dealkylation sites (N-methyl/N-ethyl adjacent to an activating group) is 1. The molecule has 1 rings (SSSR count). The quantitative estimate of drug-likeness (QED) is 0.659. The van der Waals surface area contributed by atoms with Gasteiger partial charge in [-0.2, -0.15) is 0 Å². The van der Waals surface area contributed by atoms with Crippen molar-refractivity contribution in [3.05, 3.63) is 0 Å². The van der Waals surface area contributed by atoms with Crippen LogP contribution < -0.4 is 5.32 Å². The molecule has 0 aromatic carbocycles. The van der Waals surface area contributed by atoms with E-state index in [1.165, 1.54) is 11.8 Å². The monoisotopic (exact) mass is 213 g/mol. The van der Waals surface area contributed by atoms with Gasteiger partial charge in [-0.1, -0.05) is 0 Å². The van der Waals surface area contributed by atoms with Crippen LogP contribution in [0.25, 0.3) is 0 Å². The van der Waals surface area contributed by atoms with Crippen molar-refractivity contribution in [3.8, 4) is 0 Å². The van der Waals surface area contributed by atoms with Gasteiger partial charge < -0.3 is 15.1 Å². The van der Waals surface area contributed by atoms with Gasteiger partial charge in [0.1, 0.15) is 0 Å². The predicted octanol–water partition coefficient (Wildman–Crippen LogP) is -0.715. The van der Waals surface area contributed by atoms with Gasteiger partial charge in [0, 0.05) is 39.6 Å². The van der Waals surface area contributed by atoms with E-state index in [1.54, 1.807) is 11.9 Å². The van der Waals surface area contributed by atoms with Gasteiger partial charge in [0.2, 0.25) is 11.8 Å². The number of nitrogens with one attached hydrogen (secondary N) is 1. The molecule has 5 heteroatoms. The van der Waals surface area contributed by atoms with Gasteiger partial charge in [-0.05, 0) is 6.92 Å². The van der Waals surface area contributed by atoms with Crippen LogP contribution in [0.5, 0.6) is 0 Å². The molecule has 2 amide bonds. The number of hydrogen-bond acceptors (Lipinski definition) is 3. The highest BCUT2D eigenvalue weighted by atomic mass is 16.2. The fourth-order valence-electron chi connectivity index (χ4n) is 1.57. The predicted molar refractivity (Wildman–Crippen MR) is 57.4 cm³/mol. The second-order valence-corrected chi connectivity index (χ2v) is 4.07. The van der Waals surface area contributed by atoms with Crippen molar-refractivity contribution in [3.63, 3.8) is 0 Å². The molecular weight excluding hydrogens is 194 g/mol. The number of carbonyl (C=O) groups excluding carboxylic acids is 2. The van der Waals surface area contributed by atoms with Gasteiger partial charge in [-0.25, -0.2) is 0 Å². The Hall–Kier alpha value is -1.10. The number of rotatable bonds is 2. The van der Waals surface area contributed by atoms with Crippen molar-refractivity contribution in [2.45, 2.75) is 19.9 Å². The molecule has 1 unspecified atom stereocenters. The molecule has 0 saturated carbocycles. The summed E-state index contributed by atoms with van der Waals surface area (Å²) in [4.78, 5) is 26.0. The molecule has 5 nitrogen and oxygen atoms in total. The Bertz CT molecular complexity index is 255. The molecule has 0 spiro atoms. The molecule has 0 radical (unpaired) electrons. The van der Waals surface area contributed by atoms with Gasteiger partial charge >= 0.3 is 0 Å². The molecule has 1 atom stereocenters. The van der Waals surface area contributed by atoms with Crippen LogP contribution in [-0.2, 0) is 9.59 Å². The molecule has 1 aliphatic heterocycles. The minimum Gasteiger partial charge on any atom is -0.338 e. The van der Waals surface area contributed by atoms with Crippen LogP contribution in [0, 0.1) is 0 Å². The smallest absolute Gasteiger partial charge is 0.242 e. The van der Waals surface area contributed by atoms with Crippen molar-refractivity contribution in [1.29, 1.82) is 0 Å². The SMILES string of the molecule is CC(=O)N(C)CC(=O)N1CCNC(C)C1. The van der Waals surface area contributed by atoms with Crippen molar-refractivity contribution < 1.29 is 9.59 Å². The second kappa shape index (κ2) is 5.11. The lowest BCUT2D eigenvalue weighted by Crippen LogP contribution is -2.53.